The highest BCUT2D eigenvalue weighted by molar-refractivity contribution is 5.99. The van der Waals surface area contributed by atoms with Crippen LogP contribution in [0.25, 0.3) is 44.2 Å². The number of hydrogen-bond acceptors (Lipinski definition) is 1. The van der Waals surface area contributed by atoms with Gasteiger partial charge >= 0.3 is 0 Å². The Hall–Kier alpha value is -5.47. The number of hydrogen-bond donors (Lipinski definition) is 0. The number of benzene rings is 7. The van der Waals surface area contributed by atoms with Crippen molar-refractivity contribution in [3.05, 3.63) is 176 Å². The van der Waals surface area contributed by atoms with E-state index in [0.29, 0.717) is 0 Å². The van der Waals surface area contributed by atoms with E-state index in [1.165, 1.54) is 0 Å². The molecule has 0 unspecified atom stereocenters. The largest absolute Gasteiger partial charge is 0.311 e. The van der Waals surface area contributed by atoms with Crippen LogP contribution in [-0.2, 0) is 0 Å². The van der Waals surface area contributed by atoms with Crippen molar-refractivity contribution in [2.75, 3.05) is 4.90 Å². The van der Waals surface area contributed by atoms with Crippen LogP contribution in [0.5, 0.6) is 0 Å². The Morgan fingerprint density at radius 3 is 1.38 bits per heavy atom. The van der Waals surface area contributed by atoms with Crippen LogP contribution in [-0.4, -0.2) is 0 Å². The second kappa shape index (κ2) is 11.2. The van der Waals surface area contributed by atoms with Gasteiger partial charge in [0.05, 0.1) is 0 Å². The number of fused-ring (bicyclic) bond motifs is 1. The molecule has 0 saturated carbocycles. The zero-order chi connectivity index (χ0) is 28.3. The van der Waals surface area contributed by atoms with Gasteiger partial charge in [0.15, 0.2) is 0 Å². The van der Waals surface area contributed by atoms with Crippen LogP contribution in [0.2, 0.25) is 0 Å². The Balaban J connectivity index is 1.19. The van der Waals surface area contributed by atoms with Gasteiger partial charge < -0.3 is 4.90 Å². The van der Waals surface area contributed by atoms with Crippen LogP contribution in [0.1, 0.15) is 0 Å². The van der Waals surface area contributed by atoms with E-state index in [-0.39, 0.29) is 5.82 Å². The van der Waals surface area contributed by atoms with E-state index >= 15 is 0 Å². The smallest absolute Gasteiger partial charge is 0.124 e. The first-order valence-corrected chi connectivity index (χ1v) is 14.1. The highest BCUT2D eigenvalue weighted by atomic mass is 19.1. The van der Waals surface area contributed by atoms with Crippen molar-refractivity contribution in [3.63, 3.8) is 0 Å². The van der Waals surface area contributed by atoms with Gasteiger partial charge in [-0.2, -0.15) is 0 Å². The molecular formula is C40H28FN. The molecule has 7 aromatic carbocycles. The van der Waals surface area contributed by atoms with E-state index < -0.39 is 0 Å². The fraction of sp³-hybridized carbons (Fsp3) is 0. The standard InChI is InChI=1S/C40H28FN/c41-35-26-34-21-20-33(27-39(34)40(28-35)32-10-4-1-5-11-32)31-18-16-29(17-19-31)30-22-24-38(25-23-30)42(36-12-6-2-7-13-36)37-14-8-3-9-15-37/h1-28H. The molecule has 1 nitrogen and oxygen atoms in total. The minimum Gasteiger partial charge on any atom is -0.311 e. The van der Waals surface area contributed by atoms with Crippen molar-refractivity contribution in [1.29, 1.82) is 0 Å². The van der Waals surface area contributed by atoms with Crippen LogP contribution in [0.4, 0.5) is 21.5 Å². The predicted molar refractivity (Wildman–Crippen MR) is 175 cm³/mol. The first-order chi connectivity index (χ1) is 20.7. The maximum Gasteiger partial charge on any atom is 0.124 e. The van der Waals surface area contributed by atoms with Gasteiger partial charge in [-0.15, -0.1) is 0 Å². The molecule has 0 radical (unpaired) electrons. The molecule has 42 heavy (non-hydrogen) atoms. The minimum atomic E-state index is -0.222. The molecule has 0 heterocycles. The Morgan fingerprint density at radius 1 is 0.357 bits per heavy atom. The monoisotopic (exact) mass is 541 g/mol. The molecule has 0 aromatic heterocycles. The third kappa shape index (κ3) is 5.07. The van der Waals surface area contributed by atoms with Crippen LogP contribution < -0.4 is 4.90 Å². The number of nitrogens with zero attached hydrogens (tertiary/aromatic N) is 1. The summed E-state index contributed by atoms with van der Waals surface area (Å²) in [6, 6.07) is 57.8. The number of halogens is 1. The molecule has 200 valence electrons. The third-order valence-corrected chi connectivity index (χ3v) is 7.71. The van der Waals surface area contributed by atoms with Gasteiger partial charge in [-0.1, -0.05) is 115 Å². The van der Waals surface area contributed by atoms with Gasteiger partial charge in [-0.25, -0.2) is 4.39 Å². The highest BCUT2D eigenvalue weighted by Crippen LogP contribution is 2.36. The van der Waals surface area contributed by atoms with Crippen LogP contribution in [0.15, 0.2) is 170 Å². The summed E-state index contributed by atoms with van der Waals surface area (Å²) in [5.74, 6) is -0.222. The molecule has 7 rings (SSSR count). The van der Waals surface area contributed by atoms with Gasteiger partial charge in [0.25, 0.3) is 0 Å². The van der Waals surface area contributed by atoms with E-state index in [1.807, 2.05) is 48.5 Å². The Bertz CT molecular complexity index is 1910. The molecular weight excluding hydrogens is 513 g/mol. The molecule has 0 aliphatic carbocycles. The summed E-state index contributed by atoms with van der Waals surface area (Å²) in [5, 5.41) is 1.94. The molecule has 0 saturated heterocycles. The van der Waals surface area contributed by atoms with Crippen LogP contribution in [0.3, 0.4) is 0 Å². The molecule has 2 heteroatoms. The molecule has 0 spiro atoms. The fourth-order valence-corrected chi connectivity index (χ4v) is 5.62. The van der Waals surface area contributed by atoms with Crippen molar-refractivity contribution in [3.8, 4) is 33.4 Å². The summed E-state index contributed by atoms with van der Waals surface area (Å²) >= 11 is 0. The maximum absolute atomic E-state index is 14.5. The van der Waals surface area contributed by atoms with Crippen molar-refractivity contribution in [2.45, 2.75) is 0 Å². The number of rotatable bonds is 6. The molecule has 0 N–H and O–H groups in total. The topological polar surface area (TPSA) is 3.24 Å². The Kier molecular flexibility index (Phi) is 6.79. The lowest BCUT2D eigenvalue weighted by Gasteiger charge is -2.25. The fourth-order valence-electron chi connectivity index (χ4n) is 5.62. The van der Waals surface area contributed by atoms with Gasteiger partial charge in [0, 0.05) is 17.1 Å². The second-order valence-electron chi connectivity index (χ2n) is 10.4. The maximum atomic E-state index is 14.5. The number of para-hydroxylation sites is 2. The molecule has 0 bridgehead atoms. The summed E-state index contributed by atoms with van der Waals surface area (Å²) in [4.78, 5) is 2.27. The van der Waals surface area contributed by atoms with E-state index in [4.69, 9.17) is 0 Å². The molecule has 0 atom stereocenters. The lowest BCUT2D eigenvalue weighted by molar-refractivity contribution is 0.630. The molecule has 7 aromatic rings. The highest BCUT2D eigenvalue weighted by Gasteiger charge is 2.12. The molecule has 0 amide bonds. The summed E-state index contributed by atoms with van der Waals surface area (Å²) in [6.07, 6.45) is 0. The predicted octanol–water partition coefficient (Wildman–Crippen LogP) is 11.4. The first-order valence-electron chi connectivity index (χ1n) is 14.1. The molecule has 0 fully saturated rings. The summed E-state index contributed by atoms with van der Waals surface area (Å²) in [6.45, 7) is 0. The normalized spacial score (nSPS) is 11.0. The van der Waals surface area contributed by atoms with Gasteiger partial charge in [0.2, 0.25) is 0 Å². The van der Waals surface area contributed by atoms with E-state index in [9.17, 15) is 4.39 Å². The van der Waals surface area contributed by atoms with E-state index in [1.54, 1.807) is 12.1 Å². The molecule has 0 aliphatic heterocycles. The van der Waals surface area contributed by atoms with E-state index in [2.05, 4.69) is 114 Å². The zero-order valence-electron chi connectivity index (χ0n) is 23.0. The first kappa shape index (κ1) is 25.5. The average Bonchev–Trinajstić information content (AvgIpc) is 3.06. The second-order valence-corrected chi connectivity index (χ2v) is 10.4. The van der Waals surface area contributed by atoms with Gasteiger partial charge in [-0.3, -0.25) is 0 Å². The third-order valence-electron chi connectivity index (χ3n) is 7.71. The van der Waals surface area contributed by atoms with Crippen LogP contribution in [0, 0.1) is 5.82 Å². The van der Waals surface area contributed by atoms with Crippen LogP contribution >= 0.6 is 0 Å². The van der Waals surface area contributed by atoms with Crippen molar-refractivity contribution in [1.82, 2.24) is 0 Å². The summed E-state index contributed by atoms with van der Waals surface area (Å²) in [5.41, 5.74) is 9.81. The van der Waals surface area contributed by atoms with E-state index in [0.717, 1.165) is 61.2 Å². The van der Waals surface area contributed by atoms with Crippen molar-refractivity contribution < 1.29 is 4.39 Å². The van der Waals surface area contributed by atoms with Gasteiger partial charge in [0.1, 0.15) is 5.82 Å². The zero-order valence-corrected chi connectivity index (χ0v) is 23.0. The number of anilines is 3. The van der Waals surface area contributed by atoms with Crippen molar-refractivity contribution in [2.24, 2.45) is 0 Å². The average molecular weight is 542 g/mol. The molecule has 0 aliphatic rings. The Morgan fingerprint density at radius 2 is 0.810 bits per heavy atom. The van der Waals surface area contributed by atoms with Crippen molar-refractivity contribution >= 4 is 27.8 Å². The Labute approximate surface area is 245 Å². The minimum absolute atomic E-state index is 0.222. The summed E-state index contributed by atoms with van der Waals surface area (Å²) < 4.78 is 14.5. The van der Waals surface area contributed by atoms with Gasteiger partial charge in [-0.05, 0) is 98.8 Å². The lowest BCUT2D eigenvalue weighted by Crippen LogP contribution is -2.09. The lowest BCUT2D eigenvalue weighted by atomic mass is 9.94. The summed E-state index contributed by atoms with van der Waals surface area (Å²) in [7, 11) is 0. The quantitative estimate of drug-likeness (QED) is 0.202. The SMILES string of the molecule is Fc1cc(-c2ccccc2)c2cc(-c3ccc(-c4ccc(N(c5ccccc5)c5ccccc5)cc4)cc3)ccc2c1.